The molecule has 1 aromatic rings. The van der Waals surface area contributed by atoms with E-state index in [9.17, 15) is 8.78 Å². The standard InChI is InChI=1S/C9H9F2NO3/c10-9(11)14-7-3-1-2-6(4-5-13-12)8(7)15-9/h1-3H,4-5,12H2. The van der Waals surface area contributed by atoms with Crippen molar-refractivity contribution in [2.24, 2.45) is 5.90 Å². The maximum atomic E-state index is 12.7. The predicted octanol–water partition coefficient (Wildman–Crippen LogP) is 1.44. The highest BCUT2D eigenvalue weighted by atomic mass is 19.3. The lowest BCUT2D eigenvalue weighted by Gasteiger charge is -2.06. The van der Waals surface area contributed by atoms with E-state index in [0.717, 1.165) is 0 Å². The summed E-state index contributed by atoms with van der Waals surface area (Å²) in [6.45, 7) is 0.228. The molecule has 0 saturated carbocycles. The summed E-state index contributed by atoms with van der Waals surface area (Å²) in [6.07, 6.45) is -3.19. The summed E-state index contributed by atoms with van der Waals surface area (Å²) in [5, 5.41) is 0. The van der Waals surface area contributed by atoms with Crippen LogP contribution in [-0.2, 0) is 11.3 Å². The van der Waals surface area contributed by atoms with E-state index in [1.54, 1.807) is 12.1 Å². The topological polar surface area (TPSA) is 53.7 Å². The fourth-order valence-corrected chi connectivity index (χ4v) is 1.39. The molecule has 6 heteroatoms. The molecule has 82 valence electrons. The summed E-state index contributed by atoms with van der Waals surface area (Å²) >= 11 is 0. The molecule has 1 aliphatic heterocycles. The van der Waals surface area contributed by atoms with Crippen LogP contribution in [-0.4, -0.2) is 12.9 Å². The number of hydrogen-bond donors (Lipinski definition) is 1. The van der Waals surface area contributed by atoms with Crippen LogP contribution in [0.2, 0.25) is 0 Å². The van der Waals surface area contributed by atoms with Crippen molar-refractivity contribution in [3.63, 3.8) is 0 Å². The lowest BCUT2D eigenvalue weighted by atomic mass is 10.1. The molecule has 1 aromatic carbocycles. The first-order valence-electron chi connectivity index (χ1n) is 4.32. The lowest BCUT2D eigenvalue weighted by Crippen LogP contribution is -2.26. The molecule has 1 aliphatic rings. The average Bonchev–Trinajstić information content (AvgIpc) is 2.49. The highest BCUT2D eigenvalue weighted by Crippen LogP contribution is 2.43. The zero-order valence-corrected chi connectivity index (χ0v) is 7.70. The molecule has 15 heavy (non-hydrogen) atoms. The number of benzene rings is 1. The number of rotatable bonds is 3. The monoisotopic (exact) mass is 217 g/mol. The number of ether oxygens (including phenoxy) is 2. The lowest BCUT2D eigenvalue weighted by molar-refractivity contribution is -0.286. The van der Waals surface area contributed by atoms with Crippen molar-refractivity contribution in [1.29, 1.82) is 0 Å². The Bertz CT molecular complexity index is 370. The fourth-order valence-electron chi connectivity index (χ4n) is 1.39. The Kier molecular flexibility index (Phi) is 2.45. The maximum Gasteiger partial charge on any atom is 0.586 e. The molecule has 0 unspecified atom stereocenters. The van der Waals surface area contributed by atoms with Crippen LogP contribution in [0.4, 0.5) is 8.78 Å². The third-order valence-corrected chi connectivity index (χ3v) is 2.00. The van der Waals surface area contributed by atoms with Crippen LogP contribution < -0.4 is 15.4 Å². The Morgan fingerprint density at radius 3 is 2.87 bits per heavy atom. The minimum absolute atomic E-state index is 0.0366. The molecular formula is C9H9F2NO3. The molecule has 0 bridgehead atoms. The maximum absolute atomic E-state index is 12.7. The summed E-state index contributed by atoms with van der Waals surface area (Å²) < 4.78 is 34.1. The number of hydrogen-bond acceptors (Lipinski definition) is 4. The van der Waals surface area contributed by atoms with Crippen molar-refractivity contribution in [3.05, 3.63) is 23.8 Å². The van der Waals surface area contributed by atoms with Gasteiger partial charge in [0.15, 0.2) is 11.5 Å². The van der Waals surface area contributed by atoms with Crippen LogP contribution >= 0.6 is 0 Å². The molecule has 4 nitrogen and oxygen atoms in total. The zero-order chi connectivity index (χ0) is 10.9. The normalized spacial score (nSPS) is 16.7. The first kappa shape index (κ1) is 10.1. The van der Waals surface area contributed by atoms with E-state index in [0.29, 0.717) is 12.0 Å². The molecule has 0 radical (unpaired) electrons. The van der Waals surface area contributed by atoms with Crippen molar-refractivity contribution in [2.75, 3.05) is 6.61 Å². The molecule has 0 saturated heterocycles. The van der Waals surface area contributed by atoms with Crippen molar-refractivity contribution in [3.8, 4) is 11.5 Å². The molecule has 0 aromatic heterocycles. The average molecular weight is 217 g/mol. The van der Waals surface area contributed by atoms with Gasteiger partial charge in [-0.05, 0) is 6.07 Å². The van der Waals surface area contributed by atoms with Gasteiger partial charge in [-0.25, -0.2) is 5.90 Å². The first-order valence-corrected chi connectivity index (χ1v) is 4.32. The van der Waals surface area contributed by atoms with Gasteiger partial charge in [0.1, 0.15) is 0 Å². The molecular weight excluding hydrogens is 208 g/mol. The molecule has 2 rings (SSSR count). The fraction of sp³-hybridized carbons (Fsp3) is 0.333. The van der Waals surface area contributed by atoms with E-state index in [4.69, 9.17) is 5.90 Å². The molecule has 0 atom stereocenters. The van der Waals surface area contributed by atoms with Gasteiger partial charge in [0.05, 0.1) is 6.61 Å². The summed E-state index contributed by atoms with van der Waals surface area (Å²) in [5.74, 6) is 4.95. The van der Waals surface area contributed by atoms with E-state index in [1.165, 1.54) is 6.07 Å². The molecule has 2 N–H and O–H groups in total. The number of para-hydroxylation sites is 1. The molecule has 0 fully saturated rings. The third-order valence-electron chi connectivity index (χ3n) is 2.00. The van der Waals surface area contributed by atoms with Crippen LogP contribution in [0.1, 0.15) is 5.56 Å². The third kappa shape index (κ3) is 2.00. The Labute approximate surface area is 84.5 Å². The van der Waals surface area contributed by atoms with E-state index in [-0.39, 0.29) is 18.1 Å². The van der Waals surface area contributed by atoms with Crippen LogP contribution in [0.3, 0.4) is 0 Å². The first-order chi connectivity index (χ1) is 7.12. The number of nitrogens with two attached hydrogens (primary N) is 1. The van der Waals surface area contributed by atoms with E-state index in [2.05, 4.69) is 14.3 Å². The van der Waals surface area contributed by atoms with Gasteiger partial charge >= 0.3 is 6.29 Å². The Morgan fingerprint density at radius 2 is 2.13 bits per heavy atom. The molecule has 1 heterocycles. The Balaban J connectivity index is 2.25. The van der Waals surface area contributed by atoms with Gasteiger partial charge in [-0.15, -0.1) is 8.78 Å². The van der Waals surface area contributed by atoms with Gasteiger partial charge in [-0.1, -0.05) is 12.1 Å². The van der Waals surface area contributed by atoms with Crippen molar-refractivity contribution < 1.29 is 23.1 Å². The minimum Gasteiger partial charge on any atom is -0.395 e. The molecule has 0 aliphatic carbocycles. The van der Waals surface area contributed by atoms with Gasteiger partial charge in [0.25, 0.3) is 0 Å². The summed E-state index contributed by atoms with van der Waals surface area (Å²) in [5.41, 5.74) is 0.579. The number of halogens is 2. The number of fused-ring (bicyclic) bond motifs is 1. The minimum atomic E-state index is -3.58. The van der Waals surface area contributed by atoms with Gasteiger partial charge in [-0.2, -0.15) is 0 Å². The van der Waals surface area contributed by atoms with Crippen molar-refractivity contribution >= 4 is 0 Å². The SMILES string of the molecule is NOCCc1cccc2c1OC(F)(F)O2. The second kappa shape index (κ2) is 3.63. The smallest absolute Gasteiger partial charge is 0.395 e. The summed E-state index contributed by atoms with van der Waals surface area (Å²) in [7, 11) is 0. The van der Waals surface area contributed by atoms with Crippen molar-refractivity contribution in [2.45, 2.75) is 12.7 Å². The van der Waals surface area contributed by atoms with Gasteiger partial charge < -0.3 is 14.3 Å². The van der Waals surface area contributed by atoms with E-state index in [1.807, 2.05) is 0 Å². The van der Waals surface area contributed by atoms with Crippen LogP contribution in [0, 0.1) is 0 Å². The van der Waals surface area contributed by atoms with Crippen LogP contribution in [0.25, 0.3) is 0 Å². The summed E-state index contributed by atoms with van der Waals surface area (Å²) in [4.78, 5) is 4.37. The Hall–Kier alpha value is -1.40. The number of alkyl halides is 2. The van der Waals surface area contributed by atoms with E-state index < -0.39 is 6.29 Å². The molecule has 0 spiro atoms. The Morgan fingerprint density at radius 1 is 1.33 bits per heavy atom. The highest BCUT2D eigenvalue weighted by Gasteiger charge is 2.44. The molecule has 0 amide bonds. The van der Waals surface area contributed by atoms with Crippen LogP contribution in [0.5, 0.6) is 11.5 Å². The zero-order valence-electron chi connectivity index (χ0n) is 7.70. The van der Waals surface area contributed by atoms with E-state index >= 15 is 0 Å². The van der Waals surface area contributed by atoms with Gasteiger partial charge in [0.2, 0.25) is 0 Å². The van der Waals surface area contributed by atoms with Gasteiger partial charge in [-0.3, -0.25) is 0 Å². The van der Waals surface area contributed by atoms with Crippen LogP contribution in [0.15, 0.2) is 18.2 Å². The predicted molar refractivity (Wildman–Crippen MR) is 46.5 cm³/mol. The second-order valence-electron chi connectivity index (χ2n) is 3.03. The largest absolute Gasteiger partial charge is 0.586 e. The summed E-state index contributed by atoms with van der Waals surface area (Å²) in [6, 6.07) is 4.68. The van der Waals surface area contributed by atoms with Gasteiger partial charge in [0, 0.05) is 12.0 Å². The second-order valence-corrected chi connectivity index (χ2v) is 3.03. The van der Waals surface area contributed by atoms with Crippen molar-refractivity contribution in [1.82, 2.24) is 0 Å². The quantitative estimate of drug-likeness (QED) is 0.778. The highest BCUT2D eigenvalue weighted by molar-refractivity contribution is 5.48.